The first-order chi connectivity index (χ1) is 7.04. The first kappa shape index (κ1) is 10.8. The molecule has 0 spiro atoms. The maximum absolute atomic E-state index is 10.8. The summed E-state index contributed by atoms with van der Waals surface area (Å²) >= 11 is 0. The molecule has 0 atom stereocenters. The zero-order valence-electron chi connectivity index (χ0n) is 8.07. The summed E-state index contributed by atoms with van der Waals surface area (Å²) in [6.07, 6.45) is 1.36. The van der Waals surface area contributed by atoms with Gasteiger partial charge in [-0.05, 0) is 23.6 Å². The maximum Gasteiger partial charge on any atom is 0.232 e. The molecule has 0 amide bonds. The minimum atomic E-state index is -3.40. The summed E-state index contributed by atoms with van der Waals surface area (Å²) in [6, 6.07) is 5.76. The van der Waals surface area contributed by atoms with Gasteiger partial charge in [-0.1, -0.05) is 12.1 Å². The van der Waals surface area contributed by atoms with Gasteiger partial charge in [0.05, 0.1) is 12.4 Å². The van der Waals surface area contributed by atoms with E-state index in [1.807, 2.05) is 18.2 Å². The van der Waals surface area contributed by atoms with Crippen molar-refractivity contribution in [1.29, 1.82) is 0 Å². The third-order valence-corrected chi connectivity index (χ3v) is 3.54. The molecule has 0 fully saturated rings. The predicted octanol–water partition coefficient (Wildman–Crippen LogP) is 1.73. The molecule has 1 aromatic carbocycles. The second-order valence-electron chi connectivity index (χ2n) is 3.53. The molecule has 3 nitrogen and oxygen atoms in total. The van der Waals surface area contributed by atoms with Gasteiger partial charge in [-0.2, -0.15) is 0 Å². The van der Waals surface area contributed by atoms with Crippen molar-refractivity contribution in [3.63, 3.8) is 0 Å². The third-order valence-electron chi connectivity index (χ3n) is 2.39. The molecule has 5 heteroatoms. The number of aryl methyl sites for hydroxylation is 1. The van der Waals surface area contributed by atoms with Crippen molar-refractivity contribution in [2.24, 2.45) is 0 Å². The fourth-order valence-corrected chi connectivity index (χ4v) is 2.35. The van der Waals surface area contributed by atoms with E-state index in [-0.39, 0.29) is 5.75 Å². The highest BCUT2D eigenvalue weighted by Crippen LogP contribution is 2.26. The lowest BCUT2D eigenvalue weighted by Gasteiger charge is -2.02. The van der Waals surface area contributed by atoms with Crippen LogP contribution in [0.25, 0.3) is 0 Å². The van der Waals surface area contributed by atoms with Crippen LogP contribution < -0.4 is 4.74 Å². The highest BCUT2D eigenvalue weighted by atomic mass is 35.7. The molecule has 0 aliphatic carbocycles. The highest BCUT2D eigenvalue weighted by molar-refractivity contribution is 8.13. The quantitative estimate of drug-likeness (QED) is 0.763. The van der Waals surface area contributed by atoms with E-state index in [9.17, 15) is 8.42 Å². The van der Waals surface area contributed by atoms with Gasteiger partial charge in [0.1, 0.15) is 5.75 Å². The fraction of sp³-hybridized carbons (Fsp3) is 0.400. The Morgan fingerprint density at radius 1 is 1.40 bits per heavy atom. The van der Waals surface area contributed by atoms with E-state index in [0.717, 1.165) is 23.3 Å². The lowest BCUT2D eigenvalue weighted by molar-refractivity contribution is 0.357. The monoisotopic (exact) mass is 246 g/mol. The van der Waals surface area contributed by atoms with E-state index in [4.69, 9.17) is 15.4 Å². The molecule has 0 bridgehead atoms. The molecule has 82 valence electrons. The summed E-state index contributed by atoms with van der Waals surface area (Å²) < 4.78 is 26.9. The van der Waals surface area contributed by atoms with Crippen LogP contribution in [-0.2, 0) is 21.9 Å². The molecule has 2 rings (SSSR count). The van der Waals surface area contributed by atoms with Crippen molar-refractivity contribution in [1.82, 2.24) is 0 Å². The van der Waals surface area contributed by atoms with E-state index in [1.54, 1.807) is 0 Å². The van der Waals surface area contributed by atoms with Crippen LogP contribution in [0.1, 0.15) is 11.1 Å². The minimum absolute atomic E-state index is 0.0196. The Kier molecular flexibility index (Phi) is 2.89. The summed E-state index contributed by atoms with van der Waals surface area (Å²) in [4.78, 5) is 0. The van der Waals surface area contributed by atoms with Gasteiger partial charge in [0.25, 0.3) is 0 Å². The van der Waals surface area contributed by atoms with E-state index >= 15 is 0 Å². The number of ether oxygens (including phenoxy) is 1. The first-order valence-corrected chi connectivity index (χ1v) is 7.19. The predicted molar refractivity (Wildman–Crippen MR) is 59.0 cm³/mol. The topological polar surface area (TPSA) is 43.4 Å². The molecule has 1 aliphatic rings. The zero-order valence-corrected chi connectivity index (χ0v) is 9.64. The summed E-state index contributed by atoms with van der Waals surface area (Å²) in [5.41, 5.74) is 2.14. The van der Waals surface area contributed by atoms with Crippen LogP contribution >= 0.6 is 10.7 Å². The summed E-state index contributed by atoms with van der Waals surface area (Å²) in [5, 5.41) is 0. The van der Waals surface area contributed by atoms with E-state index in [2.05, 4.69) is 0 Å². The van der Waals surface area contributed by atoms with Gasteiger partial charge in [0.2, 0.25) is 9.05 Å². The van der Waals surface area contributed by atoms with Crippen molar-refractivity contribution >= 4 is 19.7 Å². The molecule has 1 aliphatic heterocycles. The van der Waals surface area contributed by atoms with Gasteiger partial charge in [0.15, 0.2) is 0 Å². The number of hydrogen-bond acceptors (Lipinski definition) is 3. The number of hydrogen-bond donors (Lipinski definition) is 0. The van der Waals surface area contributed by atoms with Crippen LogP contribution in [0.2, 0.25) is 0 Å². The summed E-state index contributed by atoms with van der Waals surface area (Å²) in [6.45, 7) is 0.715. The van der Waals surface area contributed by atoms with Gasteiger partial charge in [0, 0.05) is 17.1 Å². The van der Waals surface area contributed by atoms with Gasteiger partial charge in [-0.3, -0.25) is 0 Å². The Labute approximate surface area is 93.4 Å². The van der Waals surface area contributed by atoms with Crippen LogP contribution in [0.3, 0.4) is 0 Å². The van der Waals surface area contributed by atoms with Gasteiger partial charge < -0.3 is 4.74 Å². The first-order valence-electron chi connectivity index (χ1n) is 4.71. The zero-order chi connectivity index (χ0) is 10.9. The van der Waals surface area contributed by atoms with Crippen LogP contribution in [0.5, 0.6) is 5.75 Å². The number of fused-ring (bicyclic) bond motifs is 1. The van der Waals surface area contributed by atoms with E-state index in [0.29, 0.717) is 13.0 Å². The Balaban J connectivity index is 2.10. The normalized spacial score (nSPS) is 14.7. The van der Waals surface area contributed by atoms with Crippen LogP contribution in [0, 0.1) is 0 Å². The molecule has 0 radical (unpaired) electrons. The molecule has 0 unspecified atom stereocenters. The molecule has 0 aromatic heterocycles. The van der Waals surface area contributed by atoms with E-state index < -0.39 is 9.05 Å². The molecular weight excluding hydrogens is 236 g/mol. The molecular formula is C10H11ClO3S. The van der Waals surface area contributed by atoms with Crippen molar-refractivity contribution in [2.75, 3.05) is 12.4 Å². The molecule has 0 N–H and O–H groups in total. The average Bonchev–Trinajstić information content (AvgIpc) is 2.60. The summed E-state index contributed by atoms with van der Waals surface area (Å²) in [7, 11) is 1.75. The van der Waals surface area contributed by atoms with E-state index in [1.165, 1.54) is 0 Å². The second-order valence-corrected chi connectivity index (χ2v) is 6.43. The smallest absolute Gasteiger partial charge is 0.232 e. The minimum Gasteiger partial charge on any atom is -0.493 e. The molecule has 0 saturated heterocycles. The van der Waals surface area contributed by atoms with Crippen molar-refractivity contribution in [3.8, 4) is 5.75 Å². The van der Waals surface area contributed by atoms with Crippen molar-refractivity contribution in [2.45, 2.75) is 12.8 Å². The Bertz CT molecular complexity index is 468. The molecule has 1 heterocycles. The second kappa shape index (κ2) is 4.02. The van der Waals surface area contributed by atoms with Gasteiger partial charge >= 0.3 is 0 Å². The largest absolute Gasteiger partial charge is 0.493 e. The van der Waals surface area contributed by atoms with Crippen molar-refractivity contribution < 1.29 is 13.2 Å². The standard InChI is InChI=1S/C10H11ClO3S/c11-15(12,13)6-4-8-1-2-10-9(7-8)3-5-14-10/h1-2,7H,3-6H2. The Morgan fingerprint density at radius 3 is 2.93 bits per heavy atom. The van der Waals surface area contributed by atoms with Crippen LogP contribution in [-0.4, -0.2) is 20.8 Å². The van der Waals surface area contributed by atoms with Crippen LogP contribution in [0.15, 0.2) is 18.2 Å². The fourth-order valence-electron chi connectivity index (χ4n) is 1.64. The Hall–Kier alpha value is -0.740. The Morgan fingerprint density at radius 2 is 2.20 bits per heavy atom. The van der Waals surface area contributed by atoms with Crippen molar-refractivity contribution in [3.05, 3.63) is 29.3 Å². The van der Waals surface area contributed by atoms with Gasteiger partial charge in [-0.15, -0.1) is 0 Å². The highest BCUT2D eigenvalue weighted by Gasteiger charge is 2.13. The average molecular weight is 247 g/mol. The third kappa shape index (κ3) is 2.86. The molecule has 1 aromatic rings. The number of halogens is 1. The number of benzene rings is 1. The van der Waals surface area contributed by atoms with Gasteiger partial charge in [-0.25, -0.2) is 8.42 Å². The lowest BCUT2D eigenvalue weighted by Crippen LogP contribution is -2.01. The van der Waals surface area contributed by atoms with Crippen LogP contribution in [0.4, 0.5) is 0 Å². The maximum atomic E-state index is 10.8. The molecule has 0 saturated carbocycles. The molecule has 15 heavy (non-hydrogen) atoms. The summed E-state index contributed by atoms with van der Waals surface area (Å²) in [5.74, 6) is 0.890. The number of rotatable bonds is 3. The SMILES string of the molecule is O=S(=O)(Cl)CCc1ccc2c(c1)CCO2. The lowest BCUT2D eigenvalue weighted by atomic mass is 10.1.